The lowest BCUT2D eigenvalue weighted by Crippen LogP contribution is -2.32. The zero-order valence-corrected chi connectivity index (χ0v) is 10.8. The molecule has 0 aliphatic carbocycles. The molecule has 0 aromatic heterocycles. The number of nitrogens with zero attached hydrogens (tertiary/aromatic N) is 1. The predicted octanol–water partition coefficient (Wildman–Crippen LogP) is 2.13. The topological polar surface area (TPSA) is 97.5 Å². The minimum absolute atomic E-state index is 0.0194. The largest absolute Gasteiger partial charge is 0.507 e. The van der Waals surface area contributed by atoms with Gasteiger partial charge in [-0.05, 0) is 12.1 Å². The molecule has 0 fully saturated rings. The number of benzene rings is 2. The highest BCUT2D eigenvalue weighted by atomic mass is 16.7. The molecule has 104 valence electrons. The molecule has 21 heavy (non-hydrogen) atoms. The van der Waals surface area contributed by atoms with Crippen LogP contribution in [0.1, 0.15) is 21.5 Å². The molecule has 0 unspecified atom stereocenters. The Hall–Kier alpha value is -3.15. The summed E-state index contributed by atoms with van der Waals surface area (Å²) in [6, 6.07) is 12.8. The quantitative estimate of drug-likeness (QED) is 0.785. The van der Waals surface area contributed by atoms with Crippen LogP contribution in [0.3, 0.4) is 0 Å². The molecule has 6 nitrogen and oxygen atoms in total. The van der Waals surface area contributed by atoms with Crippen molar-refractivity contribution in [1.29, 1.82) is 10.8 Å². The van der Waals surface area contributed by atoms with Crippen molar-refractivity contribution in [2.24, 2.45) is 0 Å². The molecule has 3 rings (SSSR count). The van der Waals surface area contributed by atoms with Crippen LogP contribution in [0.15, 0.2) is 48.5 Å². The number of amidine groups is 2. The van der Waals surface area contributed by atoms with Gasteiger partial charge in [-0.25, -0.2) is 4.79 Å². The number of phenolic OH excluding ortho intramolecular Hbond substituents is 1. The van der Waals surface area contributed by atoms with Crippen molar-refractivity contribution in [3.05, 3.63) is 65.2 Å². The van der Waals surface area contributed by atoms with Crippen molar-refractivity contribution >= 4 is 17.6 Å². The summed E-state index contributed by atoms with van der Waals surface area (Å²) in [5.74, 6) is -1.20. The van der Waals surface area contributed by atoms with E-state index in [4.69, 9.17) is 15.7 Å². The van der Waals surface area contributed by atoms with Crippen molar-refractivity contribution in [3.63, 3.8) is 0 Å². The first-order valence-corrected chi connectivity index (χ1v) is 6.17. The number of carbonyl (C=O) groups is 1. The molecule has 0 atom stereocenters. The van der Waals surface area contributed by atoms with Crippen LogP contribution in [0.4, 0.5) is 0 Å². The number of nitrogens with one attached hydrogen (secondary N) is 2. The Morgan fingerprint density at radius 2 is 1.48 bits per heavy atom. The standard InChI is InChI=1S/C15H11N3O3/c16-13-9-5-1-2-6-10(9)14(17)18(13)21-15(20)11-7-3-4-8-12(11)19/h1-8,16-17,19H. The normalized spacial score (nSPS) is 13.2. The van der Waals surface area contributed by atoms with Crippen LogP contribution >= 0.6 is 0 Å². The molecule has 0 spiro atoms. The minimum Gasteiger partial charge on any atom is -0.507 e. The lowest BCUT2D eigenvalue weighted by atomic mass is 10.1. The highest BCUT2D eigenvalue weighted by molar-refractivity contribution is 6.22. The van der Waals surface area contributed by atoms with E-state index in [-0.39, 0.29) is 23.0 Å². The summed E-state index contributed by atoms with van der Waals surface area (Å²) in [5, 5.41) is 26.4. The van der Waals surface area contributed by atoms with E-state index in [1.165, 1.54) is 12.1 Å². The Morgan fingerprint density at radius 1 is 0.952 bits per heavy atom. The second-order valence-electron chi connectivity index (χ2n) is 4.43. The van der Waals surface area contributed by atoms with Crippen LogP contribution in [-0.2, 0) is 4.84 Å². The van der Waals surface area contributed by atoms with Crippen molar-refractivity contribution in [2.45, 2.75) is 0 Å². The number of fused-ring (bicyclic) bond motifs is 1. The summed E-state index contributed by atoms with van der Waals surface area (Å²) >= 11 is 0. The zero-order valence-electron chi connectivity index (χ0n) is 10.8. The molecule has 1 heterocycles. The van der Waals surface area contributed by atoms with Gasteiger partial charge in [-0.15, -0.1) is 5.06 Å². The van der Waals surface area contributed by atoms with E-state index in [0.717, 1.165) is 5.06 Å². The van der Waals surface area contributed by atoms with Gasteiger partial charge >= 0.3 is 5.97 Å². The van der Waals surface area contributed by atoms with E-state index >= 15 is 0 Å². The Balaban J connectivity index is 1.88. The third-order valence-corrected chi connectivity index (χ3v) is 3.14. The van der Waals surface area contributed by atoms with Gasteiger partial charge in [-0.1, -0.05) is 36.4 Å². The first-order valence-electron chi connectivity index (χ1n) is 6.17. The zero-order chi connectivity index (χ0) is 15.0. The SMILES string of the molecule is N=C1c2ccccc2C(=N)N1OC(=O)c1ccccc1O. The van der Waals surface area contributed by atoms with E-state index in [9.17, 15) is 9.90 Å². The van der Waals surface area contributed by atoms with Gasteiger partial charge in [0.2, 0.25) is 0 Å². The van der Waals surface area contributed by atoms with Gasteiger partial charge in [0, 0.05) is 11.1 Å². The maximum atomic E-state index is 12.0. The maximum absolute atomic E-state index is 12.0. The number of carbonyl (C=O) groups excluding carboxylic acids is 1. The molecule has 2 aromatic carbocycles. The molecular weight excluding hydrogens is 270 g/mol. The fourth-order valence-electron chi connectivity index (χ4n) is 2.10. The van der Waals surface area contributed by atoms with Crippen LogP contribution in [0.2, 0.25) is 0 Å². The van der Waals surface area contributed by atoms with E-state index in [1.807, 2.05) is 0 Å². The summed E-state index contributed by atoms with van der Waals surface area (Å²) in [6.07, 6.45) is 0. The molecule has 6 heteroatoms. The van der Waals surface area contributed by atoms with E-state index < -0.39 is 5.97 Å². The first-order chi connectivity index (χ1) is 10.1. The molecule has 0 bridgehead atoms. The Labute approximate surface area is 120 Å². The van der Waals surface area contributed by atoms with Crippen LogP contribution in [0.25, 0.3) is 0 Å². The molecule has 1 aliphatic rings. The number of rotatable bonds is 2. The highest BCUT2D eigenvalue weighted by Gasteiger charge is 2.33. The van der Waals surface area contributed by atoms with Gasteiger partial charge in [0.15, 0.2) is 11.7 Å². The van der Waals surface area contributed by atoms with Gasteiger partial charge in [-0.3, -0.25) is 10.8 Å². The summed E-state index contributed by atoms with van der Waals surface area (Å²) in [4.78, 5) is 17.1. The van der Waals surface area contributed by atoms with Gasteiger partial charge in [0.05, 0.1) is 0 Å². The van der Waals surface area contributed by atoms with Crippen LogP contribution < -0.4 is 0 Å². The summed E-state index contributed by atoms with van der Waals surface area (Å²) < 4.78 is 0. The number of aromatic hydroxyl groups is 1. The Bertz CT molecular complexity index is 735. The third-order valence-electron chi connectivity index (χ3n) is 3.14. The van der Waals surface area contributed by atoms with E-state index in [0.29, 0.717) is 11.1 Å². The summed E-state index contributed by atoms with van der Waals surface area (Å²) in [6.45, 7) is 0. The number of hydrogen-bond acceptors (Lipinski definition) is 5. The third kappa shape index (κ3) is 2.02. The molecule has 2 aromatic rings. The van der Waals surface area contributed by atoms with Gasteiger partial charge in [-0.2, -0.15) is 0 Å². The second kappa shape index (κ2) is 4.75. The van der Waals surface area contributed by atoms with E-state index in [2.05, 4.69) is 0 Å². The molecule has 0 radical (unpaired) electrons. The van der Waals surface area contributed by atoms with Gasteiger partial charge in [0.1, 0.15) is 11.3 Å². The number of hydroxylamine groups is 2. The Kier molecular flexibility index (Phi) is 2.91. The predicted molar refractivity (Wildman–Crippen MR) is 75.5 cm³/mol. The Morgan fingerprint density at radius 3 is 2.05 bits per heavy atom. The van der Waals surface area contributed by atoms with Crippen molar-refractivity contribution < 1.29 is 14.7 Å². The van der Waals surface area contributed by atoms with Crippen molar-refractivity contribution in [1.82, 2.24) is 5.06 Å². The smallest absolute Gasteiger partial charge is 0.367 e. The molecular formula is C15H11N3O3. The van der Waals surface area contributed by atoms with Crippen molar-refractivity contribution in [3.8, 4) is 5.75 Å². The first kappa shape index (κ1) is 12.9. The van der Waals surface area contributed by atoms with Crippen LogP contribution in [0.5, 0.6) is 5.75 Å². The number of phenols is 1. The van der Waals surface area contributed by atoms with Gasteiger partial charge in [0.25, 0.3) is 0 Å². The molecule has 1 aliphatic heterocycles. The molecule has 0 saturated heterocycles. The summed E-state index contributed by atoms with van der Waals surface area (Å²) in [5.41, 5.74) is 1.02. The monoisotopic (exact) mass is 281 g/mol. The summed E-state index contributed by atoms with van der Waals surface area (Å²) in [7, 11) is 0. The lowest BCUT2D eigenvalue weighted by Gasteiger charge is -2.16. The van der Waals surface area contributed by atoms with Crippen LogP contribution in [0, 0.1) is 10.8 Å². The lowest BCUT2D eigenvalue weighted by molar-refractivity contribution is -0.0134. The average molecular weight is 281 g/mol. The van der Waals surface area contributed by atoms with E-state index in [1.54, 1.807) is 36.4 Å². The fourth-order valence-corrected chi connectivity index (χ4v) is 2.10. The highest BCUT2D eigenvalue weighted by Crippen LogP contribution is 2.24. The number of para-hydroxylation sites is 1. The molecule has 3 N–H and O–H groups in total. The second-order valence-corrected chi connectivity index (χ2v) is 4.43. The molecule has 0 amide bonds. The average Bonchev–Trinajstić information content (AvgIpc) is 2.73. The fraction of sp³-hybridized carbons (Fsp3) is 0. The number of hydrogen-bond donors (Lipinski definition) is 3. The minimum atomic E-state index is -0.824. The van der Waals surface area contributed by atoms with Gasteiger partial charge < -0.3 is 9.94 Å². The van der Waals surface area contributed by atoms with Crippen LogP contribution in [-0.4, -0.2) is 27.8 Å². The molecule has 0 saturated carbocycles. The van der Waals surface area contributed by atoms with Crippen molar-refractivity contribution in [2.75, 3.05) is 0 Å². The maximum Gasteiger partial charge on any atom is 0.367 e.